The van der Waals surface area contributed by atoms with Crippen molar-refractivity contribution in [3.8, 4) is 0 Å². The van der Waals surface area contributed by atoms with Crippen molar-refractivity contribution in [3.05, 3.63) is 34.3 Å². The molecule has 0 fully saturated rings. The zero-order valence-corrected chi connectivity index (χ0v) is 9.85. The van der Waals surface area contributed by atoms with Crippen LogP contribution in [0.5, 0.6) is 0 Å². The standard InChI is InChI=1S/C12H18ClNO/c1-10-8-12(13)5-4-11(10)9-14-6-2-3-7-15/h4-5,8,14-15H,2-3,6-7,9H2,1H3. The number of nitrogens with one attached hydrogen (secondary N) is 1. The maximum absolute atomic E-state index is 8.61. The van der Waals surface area contributed by atoms with Gasteiger partial charge in [0.1, 0.15) is 0 Å². The second-order valence-electron chi connectivity index (χ2n) is 3.68. The summed E-state index contributed by atoms with van der Waals surface area (Å²) in [6.07, 6.45) is 1.88. The maximum Gasteiger partial charge on any atom is 0.0431 e. The Balaban J connectivity index is 2.31. The van der Waals surface area contributed by atoms with Crippen LogP contribution >= 0.6 is 11.6 Å². The van der Waals surface area contributed by atoms with Crippen LogP contribution in [0.15, 0.2) is 18.2 Å². The summed E-state index contributed by atoms with van der Waals surface area (Å²) in [7, 11) is 0. The number of halogens is 1. The monoisotopic (exact) mass is 227 g/mol. The van der Waals surface area contributed by atoms with E-state index in [1.54, 1.807) is 0 Å². The smallest absolute Gasteiger partial charge is 0.0431 e. The number of hydrogen-bond donors (Lipinski definition) is 2. The number of rotatable bonds is 6. The van der Waals surface area contributed by atoms with Gasteiger partial charge < -0.3 is 10.4 Å². The molecular weight excluding hydrogens is 210 g/mol. The molecule has 0 aliphatic heterocycles. The first-order chi connectivity index (χ1) is 7.24. The van der Waals surface area contributed by atoms with Crippen LogP contribution in [-0.2, 0) is 6.54 Å². The molecule has 2 nitrogen and oxygen atoms in total. The first kappa shape index (κ1) is 12.5. The predicted molar refractivity (Wildman–Crippen MR) is 64.2 cm³/mol. The Morgan fingerprint density at radius 1 is 1.33 bits per heavy atom. The summed E-state index contributed by atoms with van der Waals surface area (Å²) in [6.45, 7) is 4.16. The molecular formula is C12H18ClNO. The van der Waals surface area contributed by atoms with Gasteiger partial charge in [-0.3, -0.25) is 0 Å². The minimum absolute atomic E-state index is 0.279. The summed E-state index contributed by atoms with van der Waals surface area (Å²) < 4.78 is 0. The Bertz CT molecular complexity index is 302. The predicted octanol–water partition coefficient (Wildman–Crippen LogP) is 2.51. The van der Waals surface area contributed by atoms with Crippen LogP contribution in [0, 0.1) is 6.92 Å². The molecule has 0 saturated carbocycles. The minimum Gasteiger partial charge on any atom is -0.396 e. The maximum atomic E-state index is 8.61. The Labute approximate surface area is 96.3 Å². The highest BCUT2D eigenvalue weighted by molar-refractivity contribution is 6.30. The number of aryl methyl sites for hydroxylation is 1. The van der Waals surface area contributed by atoms with E-state index in [2.05, 4.69) is 18.3 Å². The first-order valence-electron chi connectivity index (χ1n) is 5.30. The van der Waals surface area contributed by atoms with Crippen LogP contribution in [0.25, 0.3) is 0 Å². The Kier molecular flexibility index (Phi) is 5.69. The summed E-state index contributed by atoms with van der Waals surface area (Å²) in [6, 6.07) is 5.95. The second-order valence-corrected chi connectivity index (χ2v) is 4.11. The van der Waals surface area contributed by atoms with Crippen molar-refractivity contribution in [2.75, 3.05) is 13.2 Å². The fraction of sp³-hybridized carbons (Fsp3) is 0.500. The van der Waals surface area contributed by atoms with E-state index in [1.807, 2.05) is 12.1 Å². The quantitative estimate of drug-likeness (QED) is 0.732. The van der Waals surface area contributed by atoms with E-state index >= 15 is 0 Å². The van der Waals surface area contributed by atoms with Gasteiger partial charge >= 0.3 is 0 Å². The lowest BCUT2D eigenvalue weighted by Crippen LogP contribution is -2.15. The molecule has 0 radical (unpaired) electrons. The van der Waals surface area contributed by atoms with Crippen LogP contribution in [-0.4, -0.2) is 18.3 Å². The van der Waals surface area contributed by atoms with Gasteiger partial charge in [0.2, 0.25) is 0 Å². The number of unbranched alkanes of at least 4 members (excludes halogenated alkanes) is 1. The summed E-state index contributed by atoms with van der Waals surface area (Å²) in [5, 5.41) is 12.7. The normalized spacial score (nSPS) is 10.6. The molecule has 1 rings (SSSR count). The number of benzene rings is 1. The van der Waals surface area contributed by atoms with E-state index < -0.39 is 0 Å². The van der Waals surface area contributed by atoms with E-state index in [4.69, 9.17) is 16.7 Å². The molecule has 0 aliphatic rings. The van der Waals surface area contributed by atoms with Crippen LogP contribution in [0.4, 0.5) is 0 Å². The van der Waals surface area contributed by atoms with Crippen LogP contribution in [0.1, 0.15) is 24.0 Å². The van der Waals surface area contributed by atoms with Crippen molar-refractivity contribution in [2.45, 2.75) is 26.3 Å². The highest BCUT2D eigenvalue weighted by atomic mass is 35.5. The lowest BCUT2D eigenvalue weighted by Gasteiger charge is -2.07. The van der Waals surface area contributed by atoms with Crippen molar-refractivity contribution in [2.24, 2.45) is 0 Å². The molecule has 0 bridgehead atoms. The van der Waals surface area contributed by atoms with Gasteiger partial charge in [-0.25, -0.2) is 0 Å². The topological polar surface area (TPSA) is 32.3 Å². The van der Waals surface area contributed by atoms with Gasteiger partial charge in [-0.05, 0) is 49.6 Å². The lowest BCUT2D eigenvalue weighted by atomic mass is 10.1. The summed E-state index contributed by atoms with van der Waals surface area (Å²) in [5.41, 5.74) is 2.50. The van der Waals surface area contributed by atoms with Gasteiger partial charge in [0, 0.05) is 18.2 Å². The second kappa shape index (κ2) is 6.83. The van der Waals surface area contributed by atoms with Crippen molar-refractivity contribution in [1.82, 2.24) is 5.32 Å². The highest BCUT2D eigenvalue weighted by Crippen LogP contribution is 2.14. The lowest BCUT2D eigenvalue weighted by molar-refractivity contribution is 0.283. The number of aliphatic hydroxyl groups excluding tert-OH is 1. The third-order valence-electron chi connectivity index (χ3n) is 2.38. The molecule has 1 aromatic rings. The van der Waals surface area contributed by atoms with Crippen molar-refractivity contribution >= 4 is 11.6 Å². The van der Waals surface area contributed by atoms with E-state index in [9.17, 15) is 0 Å². The third kappa shape index (κ3) is 4.65. The van der Waals surface area contributed by atoms with Gasteiger partial charge in [-0.15, -0.1) is 0 Å². The molecule has 15 heavy (non-hydrogen) atoms. The number of hydrogen-bond acceptors (Lipinski definition) is 2. The molecule has 0 amide bonds. The molecule has 3 heteroatoms. The molecule has 0 spiro atoms. The Morgan fingerprint density at radius 2 is 2.13 bits per heavy atom. The molecule has 0 aliphatic carbocycles. The van der Waals surface area contributed by atoms with Gasteiger partial charge in [0.25, 0.3) is 0 Å². The van der Waals surface area contributed by atoms with Crippen LogP contribution in [0.3, 0.4) is 0 Å². The molecule has 1 aromatic carbocycles. The first-order valence-corrected chi connectivity index (χ1v) is 5.68. The molecule has 84 valence electrons. The molecule has 2 N–H and O–H groups in total. The molecule has 0 atom stereocenters. The van der Waals surface area contributed by atoms with Gasteiger partial charge in [0.05, 0.1) is 0 Å². The zero-order chi connectivity index (χ0) is 11.1. The van der Waals surface area contributed by atoms with Crippen molar-refractivity contribution in [1.29, 1.82) is 0 Å². The van der Waals surface area contributed by atoms with Gasteiger partial charge in [-0.1, -0.05) is 17.7 Å². The van der Waals surface area contributed by atoms with Gasteiger partial charge in [0.15, 0.2) is 0 Å². The van der Waals surface area contributed by atoms with E-state index in [0.29, 0.717) is 0 Å². The fourth-order valence-corrected chi connectivity index (χ4v) is 1.67. The third-order valence-corrected chi connectivity index (χ3v) is 2.62. The van der Waals surface area contributed by atoms with E-state index in [1.165, 1.54) is 11.1 Å². The summed E-state index contributed by atoms with van der Waals surface area (Å²) in [4.78, 5) is 0. The van der Waals surface area contributed by atoms with Crippen molar-refractivity contribution < 1.29 is 5.11 Å². The van der Waals surface area contributed by atoms with E-state index in [0.717, 1.165) is 31.0 Å². The number of aliphatic hydroxyl groups is 1. The summed E-state index contributed by atoms with van der Waals surface area (Å²) in [5.74, 6) is 0. The minimum atomic E-state index is 0.279. The molecule has 0 heterocycles. The molecule has 0 unspecified atom stereocenters. The fourth-order valence-electron chi connectivity index (χ4n) is 1.44. The average Bonchev–Trinajstić information content (AvgIpc) is 2.20. The molecule has 0 saturated heterocycles. The van der Waals surface area contributed by atoms with Crippen LogP contribution < -0.4 is 5.32 Å². The SMILES string of the molecule is Cc1cc(Cl)ccc1CNCCCCO. The van der Waals surface area contributed by atoms with E-state index in [-0.39, 0.29) is 6.61 Å². The van der Waals surface area contributed by atoms with Gasteiger partial charge in [-0.2, -0.15) is 0 Å². The highest BCUT2D eigenvalue weighted by Gasteiger charge is 1.98. The Morgan fingerprint density at radius 3 is 2.80 bits per heavy atom. The van der Waals surface area contributed by atoms with Crippen LogP contribution in [0.2, 0.25) is 5.02 Å². The van der Waals surface area contributed by atoms with Crippen molar-refractivity contribution in [3.63, 3.8) is 0 Å². The largest absolute Gasteiger partial charge is 0.396 e. The average molecular weight is 228 g/mol. The molecule has 0 aromatic heterocycles. The zero-order valence-electron chi connectivity index (χ0n) is 9.09. The summed E-state index contributed by atoms with van der Waals surface area (Å²) >= 11 is 5.87. The Hall–Kier alpha value is -0.570.